The van der Waals surface area contributed by atoms with Gasteiger partial charge in [-0.25, -0.2) is 0 Å². The zero-order valence-corrected chi connectivity index (χ0v) is 14.3. The van der Waals surface area contributed by atoms with Crippen molar-refractivity contribution in [3.05, 3.63) is 70.3 Å². The van der Waals surface area contributed by atoms with Gasteiger partial charge < -0.3 is 5.32 Å². The van der Waals surface area contributed by atoms with E-state index >= 15 is 0 Å². The molecule has 1 saturated heterocycles. The van der Waals surface area contributed by atoms with Crippen molar-refractivity contribution in [2.75, 3.05) is 5.32 Å². The Morgan fingerprint density at radius 1 is 1.04 bits per heavy atom. The van der Waals surface area contributed by atoms with Gasteiger partial charge in [-0.3, -0.25) is 29.4 Å². The first-order chi connectivity index (χ1) is 13.0. The molecule has 1 heterocycles. The van der Waals surface area contributed by atoms with Crippen LogP contribution in [0.4, 0.5) is 11.4 Å². The maximum atomic E-state index is 12.8. The lowest BCUT2D eigenvalue weighted by atomic mass is 10.0. The number of nitrogens with one attached hydrogen (secondary N) is 1. The Kier molecular flexibility index (Phi) is 5.25. The number of nitro groups is 1. The number of carbonyl (C=O) groups excluding carboxylic acids is 3. The lowest BCUT2D eigenvalue weighted by Gasteiger charge is -2.25. The van der Waals surface area contributed by atoms with E-state index in [9.17, 15) is 24.5 Å². The van der Waals surface area contributed by atoms with Crippen molar-refractivity contribution in [2.24, 2.45) is 0 Å². The number of non-ortho nitro benzene ring substituents is 1. The molecule has 1 fully saturated rings. The Balaban J connectivity index is 1.82. The topological polar surface area (TPSA) is 110 Å². The number of benzene rings is 2. The van der Waals surface area contributed by atoms with Crippen LogP contribution in [0.1, 0.15) is 18.4 Å². The first-order valence-corrected chi connectivity index (χ1v) is 8.40. The molecule has 0 spiro atoms. The molecule has 138 valence electrons. The van der Waals surface area contributed by atoms with Crippen LogP contribution in [0.25, 0.3) is 0 Å². The highest BCUT2D eigenvalue weighted by Gasteiger charge is 2.38. The van der Waals surface area contributed by atoms with Gasteiger partial charge in [0.05, 0.1) is 4.92 Å². The molecular formula is C19H17N3O5. The molecule has 1 N–H and O–H groups in total. The Labute approximate surface area is 154 Å². The van der Waals surface area contributed by atoms with Crippen LogP contribution >= 0.6 is 0 Å². The molecule has 1 atom stereocenters. The molecule has 3 amide bonds. The second kappa shape index (κ2) is 7.77. The smallest absolute Gasteiger partial charge is 0.269 e. The summed E-state index contributed by atoms with van der Waals surface area (Å²) in [6.07, 6.45) is 0.376. The van der Waals surface area contributed by atoms with Crippen molar-refractivity contribution < 1.29 is 19.3 Å². The number of likely N-dealkylation sites (tertiary alicyclic amines) is 1. The lowest BCUT2D eigenvalue weighted by Crippen LogP contribution is -2.48. The Bertz CT molecular complexity index is 864. The zero-order chi connectivity index (χ0) is 19.4. The van der Waals surface area contributed by atoms with Crippen molar-refractivity contribution in [1.29, 1.82) is 0 Å². The summed E-state index contributed by atoms with van der Waals surface area (Å²) in [6, 6.07) is 13.5. The van der Waals surface area contributed by atoms with Gasteiger partial charge in [-0.05, 0) is 17.7 Å². The van der Waals surface area contributed by atoms with Crippen LogP contribution in [0.3, 0.4) is 0 Å². The maximum absolute atomic E-state index is 12.8. The summed E-state index contributed by atoms with van der Waals surface area (Å²) in [5.74, 6) is -1.27. The van der Waals surface area contributed by atoms with E-state index in [0.29, 0.717) is 5.69 Å². The van der Waals surface area contributed by atoms with Crippen molar-refractivity contribution in [2.45, 2.75) is 25.3 Å². The SMILES string of the molecule is O=C(Nc1ccc([N+](=O)[O-])cc1)C(Cc1ccccc1)N1C(=O)CCC1=O. The van der Waals surface area contributed by atoms with Gasteiger partial charge >= 0.3 is 0 Å². The van der Waals surface area contributed by atoms with Gasteiger partial charge in [0.15, 0.2) is 0 Å². The number of hydrogen-bond acceptors (Lipinski definition) is 5. The molecule has 0 aliphatic carbocycles. The predicted molar refractivity (Wildman–Crippen MR) is 96.7 cm³/mol. The summed E-state index contributed by atoms with van der Waals surface area (Å²) in [4.78, 5) is 48.3. The van der Waals surface area contributed by atoms with Crippen molar-refractivity contribution >= 4 is 29.1 Å². The standard InChI is InChI=1S/C19H17N3O5/c23-17-10-11-18(24)21(17)16(12-13-4-2-1-3-5-13)19(25)20-14-6-8-15(9-7-14)22(26)27/h1-9,16H,10-12H2,(H,20,25). The number of nitrogens with zero attached hydrogens (tertiary/aromatic N) is 2. The highest BCUT2D eigenvalue weighted by Crippen LogP contribution is 2.21. The average Bonchev–Trinajstić information content (AvgIpc) is 2.99. The third-order valence-corrected chi connectivity index (χ3v) is 4.32. The predicted octanol–water partition coefficient (Wildman–Crippen LogP) is 2.29. The first-order valence-electron chi connectivity index (χ1n) is 8.40. The molecule has 27 heavy (non-hydrogen) atoms. The summed E-state index contributed by atoms with van der Waals surface area (Å²) >= 11 is 0. The van der Waals surface area contributed by atoms with E-state index in [1.54, 1.807) is 0 Å². The van der Waals surface area contributed by atoms with Crippen LogP contribution in [0, 0.1) is 10.1 Å². The molecule has 8 nitrogen and oxygen atoms in total. The molecule has 0 aromatic heterocycles. The fourth-order valence-corrected chi connectivity index (χ4v) is 2.97. The molecule has 0 saturated carbocycles. The molecule has 3 rings (SSSR count). The van der Waals surface area contributed by atoms with E-state index in [1.807, 2.05) is 30.3 Å². The molecule has 1 aliphatic heterocycles. The summed E-state index contributed by atoms with van der Waals surface area (Å²) in [5, 5.41) is 13.4. The average molecular weight is 367 g/mol. The molecular weight excluding hydrogens is 350 g/mol. The maximum Gasteiger partial charge on any atom is 0.269 e. The third kappa shape index (κ3) is 4.17. The zero-order valence-electron chi connectivity index (χ0n) is 14.3. The number of amides is 3. The van der Waals surface area contributed by atoms with E-state index in [0.717, 1.165) is 10.5 Å². The minimum atomic E-state index is -0.981. The highest BCUT2D eigenvalue weighted by atomic mass is 16.6. The third-order valence-electron chi connectivity index (χ3n) is 4.32. The fourth-order valence-electron chi connectivity index (χ4n) is 2.97. The van der Waals surface area contributed by atoms with E-state index < -0.39 is 16.9 Å². The van der Waals surface area contributed by atoms with E-state index in [4.69, 9.17) is 0 Å². The van der Waals surface area contributed by atoms with Gasteiger partial charge in [0.1, 0.15) is 6.04 Å². The van der Waals surface area contributed by atoms with Gasteiger partial charge in [0.2, 0.25) is 17.7 Å². The highest BCUT2D eigenvalue weighted by molar-refractivity contribution is 6.07. The summed E-state index contributed by atoms with van der Waals surface area (Å²) < 4.78 is 0. The largest absolute Gasteiger partial charge is 0.324 e. The van der Waals surface area contributed by atoms with Crippen LogP contribution in [-0.2, 0) is 20.8 Å². The molecule has 8 heteroatoms. The van der Waals surface area contributed by atoms with Gasteiger partial charge in [-0.2, -0.15) is 0 Å². The van der Waals surface area contributed by atoms with E-state index in [2.05, 4.69) is 5.32 Å². The second-order valence-electron chi connectivity index (χ2n) is 6.16. The van der Waals surface area contributed by atoms with Crippen molar-refractivity contribution in [1.82, 2.24) is 4.90 Å². The molecule has 1 aliphatic rings. The van der Waals surface area contributed by atoms with Gasteiger partial charge in [-0.1, -0.05) is 30.3 Å². The summed E-state index contributed by atoms with van der Waals surface area (Å²) in [7, 11) is 0. The Morgan fingerprint density at radius 2 is 1.63 bits per heavy atom. The van der Waals surface area contributed by atoms with Gasteiger partial charge in [0.25, 0.3) is 5.69 Å². The number of imide groups is 1. The fraction of sp³-hybridized carbons (Fsp3) is 0.211. The molecule has 0 bridgehead atoms. The minimum Gasteiger partial charge on any atom is -0.324 e. The number of nitro benzene ring substituents is 1. The normalized spacial score (nSPS) is 14.9. The van der Waals surface area contributed by atoms with Crippen LogP contribution in [0.2, 0.25) is 0 Å². The quantitative estimate of drug-likeness (QED) is 0.478. The Hall–Kier alpha value is -3.55. The van der Waals surface area contributed by atoms with Crippen LogP contribution in [0.15, 0.2) is 54.6 Å². The number of anilines is 1. The number of carbonyl (C=O) groups is 3. The minimum absolute atomic E-state index is 0.0922. The summed E-state index contributed by atoms with van der Waals surface area (Å²) in [5.41, 5.74) is 1.07. The Morgan fingerprint density at radius 3 is 2.19 bits per heavy atom. The first kappa shape index (κ1) is 18.2. The van der Waals surface area contributed by atoms with Crippen molar-refractivity contribution in [3.63, 3.8) is 0 Å². The van der Waals surface area contributed by atoms with Crippen LogP contribution < -0.4 is 5.32 Å². The van der Waals surface area contributed by atoms with E-state index in [1.165, 1.54) is 24.3 Å². The number of hydrogen-bond donors (Lipinski definition) is 1. The van der Waals surface area contributed by atoms with Crippen LogP contribution in [-0.4, -0.2) is 33.6 Å². The van der Waals surface area contributed by atoms with Gasteiger partial charge in [0, 0.05) is 37.1 Å². The second-order valence-corrected chi connectivity index (χ2v) is 6.16. The lowest BCUT2D eigenvalue weighted by molar-refractivity contribution is -0.384. The molecule has 2 aromatic carbocycles. The van der Waals surface area contributed by atoms with E-state index in [-0.39, 0.29) is 36.8 Å². The molecule has 2 aromatic rings. The summed E-state index contributed by atoms with van der Waals surface area (Å²) in [6.45, 7) is 0. The van der Waals surface area contributed by atoms with Crippen molar-refractivity contribution in [3.8, 4) is 0 Å². The van der Waals surface area contributed by atoms with Gasteiger partial charge in [-0.15, -0.1) is 0 Å². The molecule has 1 unspecified atom stereocenters. The number of rotatable bonds is 6. The monoisotopic (exact) mass is 367 g/mol. The molecule has 0 radical (unpaired) electrons. The van der Waals surface area contributed by atoms with Crippen LogP contribution in [0.5, 0.6) is 0 Å².